The van der Waals surface area contributed by atoms with Crippen molar-refractivity contribution in [3.05, 3.63) is 59.5 Å². The Kier molecular flexibility index (Phi) is 5.02. The first kappa shape index (κ1) is 17.2. The largest absolute Gasteiger partial charge is 0.395 e. The van der Waals surface area contributed by atoms with Crippen molar-refractivity contribution in [2.45, 2.75) is 24.8 Å². The smallest absolute Gasteiger partial charge is 0.100 e. The second kappa shape index (κ2) is 7.58. The minimum atomic E-state index is 0.126. The summed E-state index contributed by atoms with van der Waals surface area (Å²) in [7, 11) is 0. The molecule has 2 unspecified atom stereocenters. The van der Waals surface area contributed by atoms with Crippen molar-refractivity contribution in [2.24, 2.45) is 0 Å². The van der Waals surface area contributed by atoms with Gasteiger partial charge >= 0.3 is 0 Å². The summed E-state index contributed by atoms with van der Waals surface area (Å²) < 4.78 is 0. The van der Waals surface area contributed by atoms with E-state index in [0.717, 1.165) is 47.5 Å². The molecule has 2 aromatic heterocycles. The van der Waals surface area contributed by atoms with Gasteiger partial charge in [0.15, 0.2) is 0 Å². The number of aliphatic hydroxyl groups is 1. The van der Waals surface area contributed by atoms with Crippen molar-refractivity contribution in [1.29, 1.82) is 0 Å². The third-order valence-corrected chi connectivity index (χ3v) is 5.26. The first-order valence-corrected chi connectivity index (χ1v) is 9.23. The van der Waals surface area contributed by atoms with Crippen LogP contribution in [0.4, 0.5) is 0 Å². The first-order valence-electron chi connectivity index (χ1n) is 8.85. The van der Waals surface area contributed by atoms with Gasteiger partial charge < -0.3 is 10.4 Å². The highest BCUT2D eigenvalue weighted by molar-refractivity contribution is 6.30. The van der Waals surface area contributed by atoms with E-state index in [1.54, 1.807) is 12.4 Å². The SMILES string of the molecule is OCC1CC(c2[nH]nc(-c3ccc(Cl)cc3)c2-c2ccncc2)CCN1. The summed E-state index contributed by atoms with van der Waals surface area (Å²) in [6.07, 6.45) is 5.50. The number of piperidine rings is 1. The number of pyridine rings is 1. The van der Waals surface area contributed by atoms with E-state index in [0.29, 0.717) is 10.9 Å². The van der Waals surface area contributed by atoms with Crippen LogP contribution >= 0.6 is 11.6 Å². The predicted octanol–water partition coefficient (Wildman–Crippen LogP) is 3.62. The fraction of sp³-hybridized carbons (Fsp3) is 0.300. The van der Waals surface area contributed by atoms with Crippen LogP contribution in [0.5, 0.6) is 0 Å². The summed E-state index contributed by atoms with van der Waals surface area (Å²) >= 11 is 6.05. The Labute approximate surface area is 157 Å². The molecule has 3 N–H and O–H groups in total. The zero-order valence-corrected chi connectivity index (χ0v) is 15.1. The van der Waals surface area contributed by atoms with Crippen molar-refractivity contribution in [3.63, 3.8) is 0 Å². The van der Waals surface area contributed by atoms with Gasteiger partial charge in [-0.1, -0.05) is 23.7 Å². The van der Waals surface area contributed by atoms with Crippen LogP contribution in [0.15, 0.2) is 48.8 Å². The number of aliphatic hydroxyl groups excluding tert-OH is 1. The number of hydrogen-bond donors (Lipinski definition) is 3. The van der Waals surface area contributed by atoms with E-state index in [9.17, 15) is 5.11 Å². The van der Waals surface area contributed by atoms with Crippen LogP contribution in [0.25, 0.3) is 22.4 Å². The Morgan fingerprint density at radius 1 is 1.08 bits per heavy atom. The molecule has 0 saturated carbocycles. The summed E-state index contributed by atoms with van der Waals surface area (Å²) in [6.45, 7) is 1.04. The molecule has 6 heteroatoms. The number of hydrogen-bond acceptors (Lipinski definition) is 4. The Hall–Kier alpha value is -2.21. The number of benzene rings is 1. The van der Waals surface area contributed by atoms with Gasteiger partial charge in [-0.25, -0.2) is 0 Å². The van der Waals surface area contributed by atoms with Gasteiger partial charge in [-0.05, 0) is 49.2 Å². The monoisotopic (exact) mass is 368 g/mol. The van der Waals surface area contributed by atoms with Gasteiger partial charge in [-0.2, -0.15) is 5.10 Å². The molecule has 0 radical (unpaired) electrons. The minimum absolute atomic E-state index is 0.126. The molecule has 3 aromatic rings. The number of aromatic amines is 1. The fourth-order valence-corrected chi connectivity index (χ4v) is 3.81. The summed E-state index contributed by atoms with van der Waals surface area (Å²) in [4.78, 5) is 4.15. The van der Waals surface area contributed by atoms with E-state index in [1.807, 2.05) is 36.4 Å². The van der Waals surface area contributed by atoms with Crippen LogP contribution in [0.1, 0.15) is 24.5 Å². The molecule has 1 fully saturated rings. The van der Waals surface area contributed by atoms with E-state index in [-0.39, 0.29) is 12.6 Å². The van der Waals surface area contributed by atoms with Crippen LogP contribution in [0.2, 0.25) is 5.02 Å². The second-order valence-corrected chi connectivity index (χ2v) is 7.10. The lowest BCUT2D eigenvalue weighted by Gasteiger charge is -2.29. The summed E-state index contributed by atoms with van der Waals surface area (Å²) in [5.74, 6) is 0.324. The van der Waals surface area contributed by atoms with Crippen LogP contribution in [-0.4, -0.2) is 39.5 Å². The molecule has 1 aliphatic rings. The molecule has 1 aromatic carbocycles. The maximum absolute atomic E-state index is 9.54. The molecule has 26 heavy (non-hydrogen) atoms. The van der Waals surface area contributed by atoms with Gasteiger partial charge in [-0.15, -0.1) is 0 Å². The topological polar surface area (TPSA) is 73.8 Å². The third kappa shape index (κ3) is 3.38. The lowest BCUT2D eigenvalue weighted by molar-refractivity contribution is 0.209. The van der Waals surface area contributed by atoms with Crippen molar-refractivity contribution < 1.29 is 5.11 Å². The van der Waals surface area contributed by atoms with Crippen molar-refractivity contribution in [2.75, 3.05) is 13.2 Å². The number of aromatic nitrogens is 3. The maximum Gasteiger partial charge on any atom is 0.100 e. The molecule has 134 valence electrons. The van der Waals surface area contributed by atoms with Crippen LogP contribution in [0.3, 0.4) is 0 Å². The Bertz CT molecular complexity index is 863. The molecule has 2 atom stereocenters. The van der Waals surface area contributed by atoms with Gasteiger partial charge in [0, 0.05) is 46.2 Å². The first-order chi connectivity index (χ1) is 12.8. The average Bonchev–Trinajstić information content (AvgIpc) is 3.14. The van der Waals surface area contributed by atoms with E-state index in [1.165, 1.54) is 0 Å². The molecule has 3 heterocycles. The molecule has 1 saturated heterocycles. The second-order valence-electron chi connectivity index (χ2n) is 6.66. The van der Waals surface area contributed by atoms with Crippen LogP contribution < -0.4 is 5.32 Å². The molecule has 1 aliphatic heterocycles. The standard InChI is InChI=1S/C20H21ClN4O/c21-16-3-1-14(2-4-16)19-18(13-5-8-22-9-6-13)20(25-24-19)15-7-10-23-17(11-15)12-26/h1-6,8-9,15,17,23,26H,7,10-12H2,(H,24,25). The number of nitrogens with one attached hydrogen (secondary N) is 2. The summed E-state index contributed by atoms with van der Waals surface area (Å²) in [5.41, 5.74) is 5.27. The molecule has 0 bridgehead atoms. The molecule has 5 nitrogen and oxygen atoms in total. The normalized spacial score (nSPS) is 20.2. The van der Waals surface area contributed by atoms with Crippen molar-refractivity contribution >= 4 is 11.6 Å². The van der Waals surface area contributed by atoms with Gasteiger partial charge in [0.2, 0.25) is 0 Å². The summed E-state index contributed by atoms with van der Waals surface area (Å²) in [5, 5.41) is 21.5. The highest BCUT2D eigenvalue weighted by Gasteiger charge is 2.28. The fourth-order valence-electron chi connectivity index (χ4n) is 3.69. The van der Waals surface area contributed by atoms with Crippen LogP contribution in [0, 0.1) is 0 Å². The van der Waals surface area contributed by atoms with Crippen LogP contribution in [-0.2, 0) is 0 Å². The lowest BCUT2D eigenvalue weighted by Crippen LogP contribution is -2.39. The average molecular weight is 369 g/mol. The number of H-pyrrole nitrogens is 1. The quantitative estimate of drug-likeness (QED) is 0.657. The highest BCUT2D eigenvalue weighted by Crippen LogP contribution is 2.39. The van der Waals surface area contributed by atoms with E-state index in [2.05, 4.69) is 20.5 Å². The predicted molar refractivity (Wildman–Crippen MR) is 103 cm³/mol. The van der Waals surface area contributed by atoms with E-state index < -0.39 is 0 Å². The van der Waals surface area contributed by atoms with Gasteiger partial charge in [0.05, 0.1) is 6.61 Å². The molecular weight excluding hydrogens is 348 g/mol. The van der Waals surface area contributed by atoms with Crippen molar-refractivity contribution in [1.82, 2.24) is 20.5 Å². The van der Waals surface area contributed by atoms with Gasteiger partial charge in [0.25, 0.3) is 0 Å². The zero-order chi connectivity index (χ0) is 17.9. The minimum Gasteiger partial charge on any atom is -0.395 e. The highest BCUT2D eigenvalue weighted by atomic mass is 35.5. The number of rotatable bonds is 4. The molecule has 0 spiro atoms. The maximum atomic E-state index is 9.54. The lowest BCUT2D eigenvalue weighted by atomic mass is 9.85. The Morgan fingerprint density at radius 3 is 2.58 bits per heavy atom. The van der Waals surface area contributed by atoms with Gasteiger partial charge in [0.1, 0.15) is 5.69 Å². The van der Waals surface area contributed by atoms with Gasteiger partial charge in [-0.3, -0.25) is 10.1 Å². The molecule has 4 rings (SSSR count). The zero-order valence-electron chi connectivity index (χ0n) is 14.3. The number of nitrogens with zero attached hydrogens (tertiary/aromatic N) is 2. The van der Waals surface area contributed by atoms with Crippen molar-refractivity contribution in [3.8, 4) is 22.4 Å². The molecule has 0 aliphatic carbocycles. The summed E-state index contributed by atoms with van der Waals surface area (Å²) in [6, 6.07) is 11.9. The third-order valence-electron chi connectivity index (χ3n) is 5.00. The number of halogens is 1. The van der Waals surface area contributed by atoms with E-state index in [4.69, 9.17) is 11.6 Å². The Balaban J connectivity index is 1.81. The molecule has 0 amide bonds. The Morgan fingerprint density at radius 2 is 1.85 bits per heavy atom. The molecular formula is C20H21ClN4O. The van der Waals surface area contributed by atoms with E-state index >= 15 is 0 Å².